The van der Waals surface area contributed by atoms with E-state index in [-0.39, 0.29) is 49.6 Å². The van der Waals surface area contributed by atoms with Crippen LogP contribution in [-0.2, 0) is 32.1 Å². The van der Waals surface area contributed by atoms with Gasteiger partial charge in [0, 0.05) is 43.9 Å². The number of fused-ring (bicyclic) bond motifs is 1. The van der Waals surface area contributed by atoms with Crippen LogP contribution < -0.4 is 16.4 Å². The fourth-order valence-corrected chi connectivity index (χ4v) is 6.27. The summed E-state index contributed by atoms with van der Waals surface area (Å²) in [6, 6.07) is 9.10. The summed E-state index contributed by atoms with van der Waals surface area (Å²) < 4.78 is 0. The van der Waals surface area contributed by atoms with Gasteiger partial charge in [0.15, 0.2) is 0 Å². The number of piperidine rings is 1. The van der Waals surface area contributed by atoms with Gasteiger partial charge in [-0.3, -0.25) is 19.2 Å². The third kappa shape index (κ3) is 8.08. The number of likely N-dealkylation sites (tertiary alicyclic amines) is 1. The Morgan fingerprint density at radius 3 is 2.44 bits per heavy atom. The van der Waals surface area contributed by atoms with Crippen LogP contribution in [0.1, 0.15) is 62.6 Å². The van der Waals surface area contributed by atoms with Gasteiger partial charge in [0.2, 0.25) is 23.6 Å². The largest absolute Gasteiger partial charge is 0.342 e. The molecule has 9 nitrogen and oxygen atoms in total. The maximum Gasteiger partial charge on any atom is 0.247 e. The quantitative estimate of drug-likeness (QED) is 0.378. The zero-order valence-electron chi connectivity index (χ0n) is 25.1. The minimum Gasteiger partial charge on any atom is -0.342 e. The van der Waals surface area contributed by atoms with Crippen molar-refractivity contribution in [1.82, 2.24) is 15.1 Å². The van der Waals surface area contributed by atoms with Crippen molar-refractivity contribution in [2.24, 2.45) is 11.1 Å². The minimum atomic E-state index is -0.956. The molecule has 2 aliphatic rings. The predicted octanol–water partition coefficient (Wildman–Crippen LogP) is 4.46. The van der Waals surface area contributed by atoms with Gasteiger partial charge in [0.25, 0.3) is 0 Å². The Hall–Kier alpha value is -3.14. The summed E-state index contributed by atoms with van der Waals surface area (Å²) in [4.78, 5) is 56.9. The van der Waals surface area contributed by atoms with Crippen molar-refractivity contribution >= 4 is 52.5 Å². The monoisotopic (exact) mass is 629 g/mol. The fourth-order valence-electron chi connectivity index (χ4n) is 5.85. The molecule has 43 heavy (non-hydrogen) atoms. The molecule has 1 saturated heterocycles. The lowest BCUT2D eigenvalue weighted by atomic mass is 9.84. The number of anilines is 1. The summed E-state index contributed by atoms with van der Waals surface area (Å²) in [5, 5.41) is 6.37. The number of hydrogen-bond acceptors (Lipinski definition) is 5. The number of nitrogens with two attached hydrogens (primary N) is 1. The first-order chi connectivity index (χ1) is 20.4. The highest BCUT2D eigenvalue weighted by molar-refractivity contribution is 6.38. The smallest absolute Gasteiger partial charge is 0.247 e. The first kappa shape index (κ1) is 32.8. The van der Waals surface area contributed by atoms with Crippen LogP contribution in [0, 0.1) is 12.3 Å². The highest BCUT2D eigenvalue weighted by Crippen LogP contribution is 2.32. The topological polar surface area (TPSA) is 125 Å². The molecule has 0 aliphatic carbocycles. The van der Waals surface area contributed by atoms with Crippen LogP contribution in [0.15, 0.2) is 36.4 Å². The molecule has 2 aromatic carbocycles. The second kappa shape index (κ2) is 14.1. The van der Waals surface area contributed by atoms with Gasteiger partial charge in [0.1, 0.15) is 12.1 Å². The van der Waals surface area contributed by atoms with Crippen LogP contribution >= 0.6 is 23.2 Å². The van der Waals surface area contributed by atoms with Crippen molar-refractivity contribution in [1.29, 1.82) is 0 Å². The molecule has 4 N–H and O–H groups in total. The van der Waals surface area contributed by atoms with Crippen molar-refractivity contribution < 1.29 is 19.2 Å². The second-order valence-corrected chi connectivity index (χ2v) is 13.0. The Morgan fingerprint density at radius 2 is 1.74 bits per heavy atom. The standard InChI is InChI=1S/C32H41Cl2N5O4/c1-20-23(33)9-10-24(29(20)34)36-30(42)25(13-15-35)37-31(43)26-17-21-7-4-5-8-22(21)18-39(26)28(41)12-11-27(40)38-16-6-14-32(2,3)19-38/h4-5,7-10,25-26H,6,11-19,35H2,1-3H3,(H,36,42)(H,37,43)/t25-,26-/m0/s1. The van der Waals surface area contributed by atoms with E-state index in [4.69, 9.17) is 28.9 Å². The molecule has 4 amide bonds. The molecule has 4 rings (SSSR count). The van der Waals surface area contributed by atoms with Crippen molar-refractivity contribution in [2.45, 2.75) is 77.9 Å². The molecule has 0 radical (unpaired) electrons. The second-order valence-electron chi connectivity index (χ2n) is 12.3. The van der Waals surface area contributed by atoms with Gasteiger partial charge >= 0.3 is 0 Å². The zero-order valence-corrected chi connectivity index (χ0v) is 26.6. The van der Waals surface area contributed by atoms with Crippen LogP contribution in [0.2, 0.25) is 10.0 Å². The molecule has 0 spiro atoms. The first-order valence-corrected chi connectivity index (χ1v) is 15.6. The Kier molecular flexibility index (Phi) is 10.7. The number of rotatable bonds is 9. The van der Waals surface area contributed by atoms with Gasteiger partial charge in [0.05, 0.1) is 10.7 Å². The van der Waals surface area contributed by atoms with Gasteiger partial charge < -0.3 is 26.2 Å². The molecular weight excluding hydrogens is 589 g/mol. The van der Waals surface area contributed by atoms with E-state index >= 15 is 0 Å². The molecular formula is C32H41Cl2N5O4. The van der Waals surface area contributed by atoms with Crippen molar-refractivity contribution in [3.8, 4) is 0 Å². The first-order valence-electron chi connectivity index (χ1n) is 14.8. The highest BCUT2D eigenvalue weighted by atomic mass is 35.5. The minimum absolute atomic E-state index is 0.00282. The van der Waals surface area contributed by atoms with E-state index in [1.807, 2.05) is 29.2 Å². The molecule has 1 fully saturated rings. The molecule has 11 heteroatoms. The molecule has 0 unspecified atom stereocenters. The maximum atomic E-state index is 13.7. The number of carbonyl (C=O) groups excluding carboxylic acids is 4. The molecule has 232 valence electrons. The lowest BCUT2D eigenvalue weighted by Crippen LogP contribution is -2.56. The van der Waals surface area contributed by atoms with E-state index in [1.54, 1.807) is 19.1 Å². The predicted molar refractivity (Wildman–Crippen MR) is 169 cm³/mol. The number of halogens is 2. The van der Waals surface area contributed by atoms with E-state index < -0.39 is 23.9 Å². The summed E-state index contributed by atoms with van der Waals surface area (Å²) in [7, 11) is 0. The molecule has 2 atom stereocenters. The highest BCUT2D eigenvalue weighted by Gasteiger charge is 2.37. The summed E-state index contributed by atoms with van der Waals surface area (Å²) >= 11 is 12.5. The number of carbonyl (C=O) groups is 4. The Labute approximate surface area is 263 Å². The van der Waals surface area contributed by atoms with E-state index in [0.29, 0.717) is 40.8 Å². The molecule has 0 bridgehead atoms. The Bertz CT molecular complexity index is 1380. The molecule has 0 saturated carbocycles. The Balaban J connectivity index is 1.47. The van der Waals surface area contributed by atoms with Gasteiger partial charge in [-0.25, -0.2) is 0 Å². The third-order valence-electron chi connectivity index (χ3n) is 8.34. The lowest BCUT2D eigenvalue weighted by molar-refractivity contribution is -0.144. The van der Waals surface area contributed by atoms with Crippen molar-refractivity contribution in [2.75, 3.05) is 25.0 Å². The van der Waals surface area contributed by atoms with Gasteiger partial charge in [-0.1, -0.05) is 61.3 Å². The lowest BCUT2D eigenvalue weighted by Gasteiger charge is -2.38. The van der Waals surface area contributed by atoms with Gasteiger partial charge in [-0.15, -0.1) is 0 Å². The molecule has 2 heterocycles. The van der Waals surface area contributed by atoms with E-state index in [0.717, 1.165) is 24.0 Å². The van der Waals surface area contributed by atoms with E-state index in [9.17, 15) is 19.2 Å². The Morgan fingerprint density at radius 1 is 1.05 bits per heavy atom. The molecule has 0 aromatic heterocycles. The van der Waals surface area contributed by atoms with Crippen LogP contribution in [-0.4, -0.2) is 65.1 Å². The van der Waals surface area contributed by atoms with Crippen LogP contribution in [0.4, 0.5) is 5.69 Å². The van der Waals surface area contributed by atoms with Crippen LogP contribution in [0.25, 0.3) is 0 Å². The fraction of sp³-hybridized carbons (Fsp3) is 0.500. The van der Waals surface area contributed by atoms with Crippen LogP contribution in [0.5, 0.6) is 0 Å². The number of nitrogens with one attached hydrogen (secondary N) is 2. The number of nitrogens with zero attached hydrogens (tertiary/aromatic N) is 2. The number of hydrogen-bond donors (Lipinski definition) is 3. The number of benzene rings is 2. The molecule has 2 aromatic rings. The average molecular weight is 631 g/mol. The maximum absolute atomic E-state index is 13.7. The summed E-state index contributed by atoms with van der Waals surface area (Å²) in [6.45, 7) is 7.80. The SMILES string of the molecule is Cc1c(Cl)ccc(NC(=O)[C@H](CCN)NC(=O)[C@@H]2Cc3ccccc3CN2C(=O)CCC(=O)N2CCCC(C)(C)C2)c1Cl. The van der Waals surface area contributed by atoms with Crippen molar-refractivity contribution in [3.63, 3.8) is 0 Å². The molecule has 2 aliphatic heterocycles. The zero-order chi connectivity index (χ0) is 31.3. The van der Waals surface area contributed by atoms with E-state index in [1.165, 1.54) is 4.90 Å². The van der Waals surface area contributed by atoms with E-state index in [2.05, 4.69) is 24.5 Å². The summed E-state index contributed by atoms with van der Waals surface area (Å²) in [5.41, 5.74) is 8.76. The third-order valence-corrected chi connectivity index (χ3v) is 9.24. The van der Waals surface area contributed by atoms with Crippen molar-refractivity contribution in [3.05, 3.63) is 63.1 Å². The number of amides is 4. The van der Waals surface area contributed by atoms with Crippen LogP contribution in [0.3, 0.4) is 0 Å². The van der Waals surface area contributed by atoms with Gasteiger partial charge in [-0.05, 0) is 67.0 Å². The summed E-state index contributed by atoms with van der Waals surface area (Å²) in [5.74, 6) is -1.26. The average Bonchev–Trinajstić information content (AvgIpc) is 2.98. The summed E-state index contributed by atoms with van der Waals surface area (Å²) in [6.07, 6.45) is 2.57. The van der Waals surface area contributed by atoms with Gasteiger partial charge in [-0.2, -0.15) is 0 Å². The normalized spacial score (nSPS) is 18.4.